The second-order valence-corrected chi connectivity index (χ2v) is 7.28. The molecule has 0 bridgehead atoms. The van der Waals surface area contributed by atoms with Gasteiger partial charge in [-0.25, -0.2) is 9.67 Å². The van der Waals surface area contributed by atoms with Gasteiger partial charge in [0.1, 0.15) is 12.7 Å². The van der Waals surface area contributed by atoms with Crippen LogP contribution in [0.15, 0.2) is 79.4 Å². The Morgan fingerprint density at radius 2 is 1.61 bits per heavy atom. The van der Waals surface area contributed by atoms with Crippen molar-refractivity contribution < 1.29 is 9.59 Å². The number of aromatic nitrogens is 3. The number of carbonyl (C=O) groups is 2. The zero-order chi connectivity index (χ0) is 21.5. The maximum atomic E-state index is 12.3. The van der Waals surface area contributed by atoms with E-state index in [0.29, 0.717) is 13.1 Å². The van der Waals surface area contributed by atoms with E-state index in [4.69, 9.17) is 0 Å². The normalized spacial score (nSPS) is 10.7. The van der Waals surface area contributed by atoms with Crippen LogP contribution in [-0.2, 0) is 29.1 Å². The molecule has 0 saturated heterocycles. The van der Waals surface area contributed by atoms with Gasteiger partial charge in [-0.3, -0.25) is 9.59 Å². The Morgan fingerprint density at radius 3 is 2.42 bits per heavy atom. The molecule has 0 spiro atoms. The molecule has 0 aliphatic carbocycles. The van der Waals surface area contributed by atoms with Gasteiger partial charge in [0.2, 0.25) is 11.8 Å². The van der Waals surface area contributed by atoms with Gasteiger partial charge >= 0.3 is 0 Å². The molecule has 7 nitrogen and oxygen atoms in total. The number of nitrogens with one attached hydrogen (secondary N) is 2. The summed E-state index contributed by atoms with van der Waals surface area (Å²) in [4.78, 5) is 28.3. The molecule has 7 heteroatoms. The van der Waals surface area contributed by atoms with Gasteiger partial charge in [0.05, 0.1) is 19.5 Å². The monoisotopic (exact) mass is 413 g/mol. The number of fused-ring (bicyclic) bond motifs is 1. The third-order valence-electron chi connectivity index (χ3n) is 5.00. The predicted molar refractivity (Wildman–Crippen MR) is 118 cm³/mol. The number of rotatable bonds is 8. The lowest BCUT2D eigenvalue weighted by molar-refractivity contribution is -0.125. The number of hydrogen-bond acceptors (Lipinski definition) is 4. The van der Waals surface area contributed by atoms with Gasteiger partial charge in [-0.05, 0) is 27.5 Å². The molecule has 4 rings (SSSR count). The second kappa shape index (κ2) is 9.67. The Morgan fingerprint density at radius 1 is 0.839 bits per heavy atom. The lowest BCUT2D eigenvalue weighted by Gasteiger charge is -2.09. The minimum absolute atomic E-state index is 0.0476. The highest BCUT2D eigenvalue weighted by atomic mass is 16.2. The van der Waals surface area contributed by atoms with E-state index in [1.165, 1.54) is 6.33 Å². The molecule has 0 unspecified atom stereocenters. The molecule has 156 valence electrons. The van der Waals surface area contributed by atoms with Crippen LogP contribution in [-0.4, -0.2) is 33.1 Å². The zero-order valence-corrected chi connectivity index (χ0v) is 17.0. The minimum atomic E-state index is -0.224. The van der Waals surface area contributed by atoms with Crippen LogP contribution in [0.5, 0.6) is 0 Å². The van der Waals surface area contributed by atoms with Gasteiger partial charge in [0, 0.05) is 6.54 Å². The molecule has 0 atom stereocenters. The summed E-state index contributed by atoms with van der Waals surface area (Å²) in [6.07, 6.45) is 3.41. The number of nitrogens with zero attached hydrogens (tertiary/aromatic N) is 3. The number of carbonyl (C=O) groups excluding carboxylic acids is 2. The molecule has 3 aromatic carbocycles. The lowest BCUT2D eigenvalue weighted by atomic mass is 10.0. The summed E-state index contributed by atoms with van der Waals surface area (Å²) in [5, 5.41) is 11.8. The third kappa shape index (κ3) is 5.54. The molecule has 0 saturated carbocycles. The van der Waals surface area contributed by atoms with E-state index in [0.717, 1.165) is 27.5 Å². The van der Waals surface area contributed by atoms with Gasteiger partial charge in [-0.1, -0.05) is 66.7 Å². The summed E-state index contributed by atoms with van der Waals surface area (Å²) < 4.78 is 1.75. The van der Waals surface area contributed by atoms with Crippen molar-refractivity contribution in [3.63, 3.8) is 0 Å². The average molecular weight is 413 g/mol. The highest BCUT2D eigenvalue weighted by Crippen LogP contribution is 2.18. The fourth-order valence-electron chi connectivity index (χ4n) is 3.39. The zero-order valence-electron chi connectivity index (χ0n) is 17.0. The van der Waals surface area contributed by atoms with Crippen molar-refractivity contribution in [3.05, 3.63) is 96.1 Å². The molecule has 0 aliphatic heterocycles. The van der Waals surface area contributed by atoms with Gasteiger partial charge in [-0.2, -0.15) is 5.10 Å². The van der Waals surface area contributed by atoms with Gasteiger partial charge in [0.15, 0.2) is 0 Å². The van der Waals surface area contributed by atoms with Crippen LogP contribution in [0.3, 0.4) is 0 Å². The van der Waals surface area contributed by atoms with Crippen LogP contribution in [0, 0.1) is 0 Å². The molecule has 31 heavy (non-hydrogen) atoms. The molecule has 1 aromatic heterocycles. The Balaban J connectivity index is 1.22. The first-order chi connectivity index (χ1) is 15.2. The van der Waals surface area contributed by atoms with E-state index < -0.39 is 0 Å². The fraction of sp³-hybridized carbons (Fsp3) is 0.167. The Labute approximate surface area is 180 Å². The van der Waals surface area contributed by atoms with Crippen LogP contribution < -0.4 is 10.6 Å². The highest BCUT2D eigenvalue weighted by molar-refractivity contribution is 5.91. The molecule has 0 aliphatic rings. The average Bonchev–Trinajstić information content (AvgIpc) is 3.30. The van der Waals surface area contributed by atoms with Crippen molar-refractivity contribution in [1.82, 2.24) is 25.4 Å². The first-order valence-corrected chi connectivity index (χ1v) is 10.1. The first-order valence-electron chi connectivity index (χ1n) is 10.1. The van der Waals surface area contributed by atoms with E-state index in [2.05, 4.69) is 20.7 Å². The van der Waals surface area contributed by atoms with Crippen molar-refractivity contribution in [2.45, 2.75) is 19.5 Å². The van der Waals surface area contributed by atoms with Gasteiger partial charge < -0.3 is 10.6 Å². The van der Waals surface area contributed by atoms with Crippen molar-refractivity contribution in [3.8, 4) is 0 Å². The molecule has 4 aromatic rings. The van der Waals surface area contributed by atoms with Crippen LogP contribution in [0.25, 0.3) is 10.8 Å². The summed E-state index contributed by atoms with van der Waals surface area (Å²) in [6.45, 7) is 1.00. The summed E-state index contributed by atoms with van der Waals surface area (Å²) >= 11 is 0. The summed E-state index contributed by atoms with van der Waals surface area (Å²) in [6, 6.07) is 21.8. The molecule has 0 fully saturated rings. The van der Waals surface area contributed by atoms with Crippen LogP contribution in [0.1, 0.15) is 16.7 Å². The second-order valence-electron chi connectivity index (χ2n) is 7.28. The smallest absolute Gasteiger partial charge is 0.239 e. The van der Waals surface area contributed by atoms with Gasteiger partial charge in [-0.15, -0.1) is 0 Å². The van der Waals surface area contributed by atoms with Crippen molar-refractivity contribution in [2.75, 3.05) is 6.54 Å². The SMILES string of the molecule is O=C(CNC(=O)Cc1cccc2ccccc12)NCc1ccc(Cn2cncn2)cc1. The number of hydrogen-bond donors (Lipinski definition) is 2. The quantitative estimate of drug-likeness (QED) is 0.464. The molecule has 2 N–H and O–H groups in total. The standard InChI is InChI=1S/C24H23N5O2/c30-23(12-21-6-3-5-20-4-1-2-7-22(20)21)27-14-24(31)26-13-18-8-10-19(11-9-18)15-29-17-25-16-28-29/h1-11,16-17H,12-15H2,(H,26,31)(H,27,30). The molecule has 1 heterocycles. The van der Waals surface area contributed by atoms with E-state index in [-0.39, 0.29) is 24.8 Å². The summed E-state index contributed by atoms with van der Waals surface area (Å²) in [5.74, 6) is -0.401. The van der Waals surface area contributed by atoms with Crippen molar-refractivity contribution in [2.24, 2.45) is 0 Å². The lowest BCUT2D eigenvalue weighted by Crippen LogP contribution is -2.37. The summed E-state index contributed by atoms with van der Waals surface area (Å²) in [5.41, 5.74) is 3.03. The summed E-state index contributed by atoms with van der Waals surface area (Å²) in [7, 11) is 0. The van der Waals surface area contributed by atoms with Gasteiger partial charge in [0.25, 0.3) is 0 Å². The Kier molecular flexibility index (Phi) is 6.32. The van der Waals surface area contributed by atoms with E-state index in [1.54, 1.807) is 11.0 Å². The highest BCUT2D eigenvalue weighted by Gasteiger charge is 2.09. The van der Waals surface area contributed by atoms with Crippen LogP contribution in [0.2, 0.25) is 0 Å². The Bertz CT molecular complexity index is 1170. The Hall–Kier alpha value is -4.00. The van der Waals surface area contributed by atoms with E-state index >= 15 is 0 Å². The van der Waals surface area contributed by atoms with E-state index in [9.17, 15) is 9.59 Å². The largest absolute Gasteiger partial charge is 0.350 e. The number of amides is 2. The maximum absolute atomic E-state index is 12.3. The molecule has 0 radical (unpaired) electrons. The topological polar surface area (TPSA) is 88.9 Å². The molecular weight excluding hydrogens is 390 g/mol. The minimum Gasteiger partial charge on any atom is -0.350 e. The van der Waals surface area contributed by atoms with Crippen LogP contribution >= 0.6 is 0 Å². The third-order valence-corrected chi connectivity index (χ3v) is 5.00. The van der Waals surface area contributed by atoms with Crippen molar-refractivity contribution >= 4 is 22.6 Å². The molecular formula is C24H23N5O2. The first kappa shape index (κ1) is 20.3. The fourth-order valence-corrected chi connectivity index (χ4v) is 3.39. The molecule has 2 amide bonds. The van der Waals surface area contributed by atoms with E-state index in [1.807, 2.05) is 66.7 Å². The maximum Gasteiger partial charge on any atom is 0.239 e. The van der Waals surface area contributed by atoms with Crippen molar-refractivity contribution in [1.29, 1.82) is 0 Å². The van der Waals surface area contributed by atoms with Crippen LogP contribution in [0.4, 0.5) is 0 Å². The number of benzene rings is 3. The predicted octanol–water partition coefficient (Wildman–Crippen LogP) is 2.45.